The minimum Gasteiger partial charge on any atom is -0.481 e. The minimum atomic E-state index is -1.01. The Hall–Kier alpha value is -3.88. The lowest BCUT2D eigenvalue weighted by Gasteiger charge is -2.37. The Bertz CT molecular complexity index is 1280. The largest absolute Gasteiger partial charge is 0.481 e. The summed E-state index contributed by atoms with van der Waals surface area (Å²) < 4.78 is 0. The summed E-state index contributed by atoms with van der Waals surface area (Å²) in [7, 11) is 0. The second kappa shape index (κ2) is 12.7. The van der Waals surface area contributed by atoms with E-state index in [1.54, 1.807) is 12.1 Å². The quantitative estimate of drug-likeness (QED) is 0.415. The van der Waals surface area contributed by atoms with Gasteiger partial charge in [-0.3, -0.25) is 19.2 Å². The number of carboxylic acids is 1. The van der Waals surface area contributed by atoms with Gasteiger partial charge in [0.15, 0.2) is 0 Å². The van der Waals surface area contributed by atoms with Crippen molar-refractivity contribution in [2.45, 2.75) is 64.3 Å². The van der Waals surface area contributed by atoms with Crippen LogP contribution < -0.4 is 15.5 Å². The van der Waals surface area contributed by atoms with Crippen LogP contribution in [0.25, 0.3) is 0 Å². The molecular weight excluding hydrogens is 520 g/mol. The molecule has 2 aliphatic carbocycles. The molecule has 5 rings (SSSR count). The summed E-state index contributed by atoms with van der Waals surface area (Å²) in [6.45, 7) is 4.49. The molecule has 0 aromatic heterocycles. The normalized spacial score (nSPS) is 18.5. The summed E-state index contributed by atoms with van der Waals surface area (Å²) in [5.74, 6) is -1.07. The highest BCUT2D eigenvalue weighted by atomic mass is 16.4. The van der Waals surface area contributed by atoms with Crippen LogP contribution in [0.2, 0.25) is 0 Å². The van der Waals surface area contributed by atoms with E-state index in [0.717, 1.165) is 56.2 Å². The van der Waals surface area contributed by atoms with Gasteiger partial charge >= 0.3 is 5.97 Å². The lowest BCUT2D eigenvalue weighted by atomic mass is 9.88. The lowest BCUT2D eigenvalue weighted by Crippen LogP contribution is -2.49. The topological polar surface area (TPSA) is 119 Å². The number of benzene rings is 2. The minimum absolute atomic E-state index is 0.0329. The van der Waals surface area contributed by atoms with Gasteiger partial charge in [-0.15, -0.1) is 0 Å². The number of hydrogen-bond acceptors (Lipinski definition) is 5. The van der Waals surface area contributed by atoms with Crippen LogP contribution in [0.5, 0.6) is 0 Å². The zero-order valence-electron chi connectivity index (χ0n) is 23.7. The van der Waals surface area contributed by atoms with Crippen LogP contribution in [0.15, 0.2) is 42.5 Å². The van der Waals surface area contributed by atoms with Crippen molar-refractivity contribution in [1.82, 2.24) is 10.2 Å². The van der Waals surface area contributed by atoms with Gasteiger partial charge in [0.1, 0.15) is 0 Å². The first-order chi connectivity index (χ1) is 19.8. The Balaban J connectivity index is 1.36. The first kappa shape index (κ1) is 28.6. The van der Waals surface area contributed by atoms with Crippen molar-refractivity contribution in [3.05, 3.63) is 59.2 Å². The molecule has 1 unspecified atom stereocenters. The van der Waals surface area contributed by atoms with Crippen LogP contribution in [0.1, 0.15) is 78.9 Å². The number of carbonyl (C=O) groups is 4. The molecule has 218 valence electrons. The number of carbonyl (C=O) groups excluding carboxylic acids is 3. The van der Waals surface area contributed by atoms with Gasteiger partial charge in [-0.1, -0.05) is 49.1 Å². The zero-order chi connectivity index (χ0) is 28.9. The van der Waals surface area contributed by atoms with Crippen molar-refractivity contribution in [3.63, 3.8) is 0 Å². The van der Waals surface area contributed by atoms with E-state index in [1.807, 2.05) is 42.2 Å². The number of rotatable bonds is 9. The summed E-state index contributed by atoms with van der Waals surface area (Å²) >= 11 is 0. The van der Waals surface area contributed by atoms with Crippen LogP contribution in [-0.2, 0) is 14.4 Å². The van der Waals surface area contributed by atoms with Crippen LogP contribution in [0.4, 0.5) is 11.4 Å². The maximum Gasteiger partial charge on any atom is 0.305 e. The van der Waals surface area contributed by atoms with Crippen molar-refractivity contribution >= 4 is 35.1 Å². The third kappa shape index (κ3) is 7.26. The molecular formula is C32H40N4O5. The lowest BCUT2D eigenvalue weighted by molar-refractivity contribution is -0.137. The Morgan fingerprint density at radius 3 is 2.20 bits per heavy atom. The highest BCUT2D eigenvalue weighted by Crippen LogP contribution is 2.34. The third-order valence-corrected chi connectivity index (χ3v) is 8.51. The van der Waals surface area contributed by atoms with E-state index < -0.39 is 17.9 Å². The second-order valence-electron chi connectivity index (χ2n) is 11.7. The Labute approximate surface area is 241 Å². The average Bonchev–Trinajstić information content (AvgIpc) is 3.83. The number of nitrogens with zero attached hydrogens (tertiary/aromatic N) is 2. The van der Waals surface area contributed by atoms with Crippen molar-refractivity contribution in [1.29, 1.82) is 0 Å². The number of aryl methyl sites for hydroxylation is 1. The summed E-state index contributed by atoms with van der Waals surface area (Å²) in [5.41, 5.74) is 3.50. The van der Waals surface area contributed by atoms with Crippen molar-refractivity contribution in [3.8, 4) is 0 Å². The Morgan fingerprint density at radius 1 is 0.878 bits per heavy atom. The third-order valence-electron chi connectivity index (χ3n) is 8.51. The molecule has 3 amide bonds. The molecule has 2 saturated carbocycles. The van der Waals surface area contributed by atoms with E-state index in [1.165, 1.54) is 0 Å². The standard InChI is InChI=1S/C32H40N4O5/c1-21-7-9-22(10-8-21)26(20-29(37)38)33-31(40)25-13-14-28(27(19-25)34-30(39)23-5-3-2-4-6-23)35-15-17-36(18-16-35)32(41)24-11-12-24/h7-10,13-14,19,23-24,26H,2-6,11-12,15-18,20H2,1H3,(H,33,40)(H,34,39)(H,37,38). The smallest absolute Gasteiger partial charge is 0.305 e. The number of amides is 3. The fraction of sp³-hybridized carbons (Fsp3) is 0.500. The molecule has 0 bridgehead atoms. The maximum atomic E-state index is 13.4. The SMILES string of the molecule is Cc1ccc(C(CC(=O)O)NC(=O)c2ccc(N3CCN(C(=O)C4CC4)CC3)c(NC(=O)C3CCCCC3)c2)cc1. The van der Waals surface area contributed by atoms with Gasteiger partial charge in [0, 0.05) is 43.6 Å². The van der Waals surface area contributed by atoms with E-state index in [0.29, 0.717) is 43.0 Å². The molecule has 1 heterocycles. The van der Waals surface area contributed by atoms with Gasteiger partial charge in [-0.2, -0.15) is 0 Å². The molecule has 2 aromatic carbocycles. The molecule has 3 aliphatic rings. The van der Waals surface area contributed by atoms with E-state index in [9.17, 15) is 24.3 Å². The summed E-state index contributed by atoms with van der Waals surface area (Å²) in [5, 5.41) is 15.5. The molecule has 1 aliphatic heterocycles. The van der Waals surface area contributed by atoms with Gasteiger partial charge < -0.3 is 25.5 Å². The average molecular weight is 561 g/mol. The molecule has 9 heteroatoms. The number of piperazine rings is 1. The van der Waals surface area contributed by atoms with Crippen molar-refractivity contribution in [2.24, 2.45) is 11.8 Å². The van der Waals surface area contributed by atoms with Gasteiger partial charge in [-0.25, -0.2) is 0 Å². The number of anilines is 2. The summed E-state index contributed by atoms with van der Waals surface area (Å²) in [6.07, 6.45) is 6.65. The van der Waals surface area contributed by atoms with E-state index in [4.69, 9.17) is 0 Å². The molecule has 1 saturated heterocycles. The first-order valence-corrected chi connectivity index (χ1v) is 14.9. The summed E-state index contributed by atoms with van der Waals surface area (Å²) in [6, 6.07) is 12.0. The van der Waals surface area contributed by atoms with E-state index >= 15 is 0 Å². The number of aliphatic carboxylic acids is 1. The molecule has 3 N–H and O–H groups in total. The fourth-order valence-corrected chi connectivity index (χ4v) is 5.88. The predicted molar refractivity (Wildman–Crippen MR) is 157 cm³/mol. The van der Waals surface area contributed by atoms with Crippen LogP contribution in [0.3, 0.4) is 0 Å². The zero-order valence-corrected chi connectivity index (χ0v) is 23.7. The molecule has 0 spiro atoms. The van der Waals surface area contributed by atoms with Crippen molar-refractivity contribution < 1.29 is 24.3 Å². The van der Waals surface area contributed by atoms with Gasteiger partial charge in [-0.05, 0) is 56.4 Å². The second-order valence-corrected chi connectivity index (χ2v) is 11.7. The van der Waals surface area contributed by atoms with Crippen LogP contribution in [0, 0.1) is 18.8 Å². The fourth-order valence-electron chi connectivity index (χ4n) is 5.88. The monoisotopic (exact) mass is 560 g/mol. The highest BCUT2D eigenvalue weighted by Gasteiger charge is 2.35. The van der Waals surface area contributed by atoms with Crippen LogP contribution in [-0.4, -0.2) is 59.9 Å². The Morgan fingerprint density at radius 2 is 1.56 bits per heavy atom. The maximum absolute atomic E-state index is 13.4. The van der Waals surface area contributed by atoms with Gasteiger partial charge in [0.2, 0.25) is 11.8 Å². The molecule has 0 radical (unpaired) electrons. The highest BCUT2D eigenvalue weighted by molar-refractivity contribution is 6.01. The van der Waals surface area contributed by atoms with Crippen molar-refractivity contribution in [2.75, 3.05) is 36.4 Å². The van der Waals surface area contributed by atoms with Gasteiger partial charge in [0.05, 0.1) is 23.8 Å². The van der Waals surface area contributed by atoms with E-state index in [-0.39, 0.29) is 30.1 Å². The molecule has 41 heavy (non-hydrogen) atoms. The summed E-state index contributed by atoms with van der Waals surface area (Å²) in [4.78, 5) is 54.9. The number of nitrogens with one attached hydrogen (secondary N) is 2. The van der Waals surface area contributed by atoms with Gasteiger partial charge in [0.25, 0.3) is 5.91 Å². The Kier molecular flexibility index (Phi) is 8.90. The number of carboxylic acid groups (broad SMARTS) is 1. The van der Waals surface area contributed by atoms with E-state index in [2.05, 4.69) is 15.5 Å². The first-order valence-electron chi connectivity index (χ1n) is 14.9. The molecule has 9 nitrogen and oxygen atoms in total. The predicted octanol–water partition coefficient (Wildman–Crippen LogP) is 4.52. The number of hydrogen-bond donors (Lipinski definition) is 3. The molecule has 2 aromatic rings. The molecule has 3 fully saturated rings. The van der Waals surface area contributed by atoms with Crippen LogP contribution >= 0.6 is 0 Å². The molecule has 1 atom stereocenters.